The van der Waals surface area contributed by atoms with Crippen LogP contribution in [0.5, 0.6) is 11.5 Å². The molecule has 4 nitrogen and oxygen atoms in total. The molecule has 0 amide bonds. The van der Waals surface area contributed by atoms with Gasteiger partial charge in [0.25, 0.3) is 0 Å². The van der Waals surface area contributed by atoms with E-state index in [1.165, 1.54) is 49.9 Å². The molecule has 1 aliphatic heterocycles. The predicted octanol–water partition coefficient (Wildman–Crippen LogP) is 5.45. The van der Waals surface area contributed by atoms with Crippen molar-refractivity contribution in [2.75, 3.05) is 43.8 Å². The molecule has 0 saturated carbocycles. The molecule has 0 aromatic heterocycles. The minimum atomic E-state index is 0.768. The van der Waals surface area contributed by atoms with Crippen LogP contribution in [-0.4, -0.2) is 34.0 Å². The maximum atomic E-state index is 6.10. The maximum absolute atomic E-state index is 6.10. The molecule has 1 aromatic carbocycles. The Labute approximate surface area is 154 Å². The smallest absolute Gasteiger partial charge is 0.163 e. The largest absolute Gasteiger partial charge is 0.490 e. The summed E-state index contributed by atoms with van der Waals surface area (Å²) in [6, 6.07) is 4.31. The molecule has 0 radical (unpaired) electrons. The van der Waals surface area contributed by atoms with E-state index in [0.29, 0.717) is 0 Å². The van der Waals surface area contributed by atoms with E-state index in [2.05, 4.69) is 49.9 Å². The normalized spacial score (nSPS) is 13.3. The van der Waals surface area contributed by atoms with Gasteiger partial charge in [-0.05, 0) is 12.8 Å². The summed E-state index contributed by atoms with van der Waals surface area (Å²) in [5.74, 6) is 1.79. The van der Waals surface area contributed by atoms with Crippen LogP contribution in [0.25, 0.3) is 0 Å². The van der Waals surface area contributed by atoms with Crippen LogP contribution in [0.3, 0.4) is 0 Å². The first kappa shape index (κ1) is 19.7. The number of ether oxygens (including phenoxy) is 2. The van der Waals surface area contributed by atoms with Gasteiger partial charge in [-0.25, -0.2) is 0 Å². The molecule has 0 aliphatic carbocycles. The Morgan fingerprint density at radius 2 is 1.16 bits per heavy atom. The zero-order valence-electron chi connectivity index (χ0n) is 16.6. The van der Waals surface area contributed by atoms with Crippen molar-refractivity contribution in [2.24, 2.45) is 0 Å². The highest BCUT2D eigenvalue weighted by Crippen LogP contribution is 2.43. The molecule has 0 atom stereocenters. The van der Waals surface area contributed by atoms with Crippen LogP contribution in [0.1, 0.15) is 65.2 Å². The second kappa shape index (κ2) is 10.4. The van der Waals surface area contributed by atoms with Gasteiger partial charge >= 0.3 is 0 Å². The fourth-order valence-electron chi connectivity index (χ4n) is 3.27. The van der Waals surface area contributed by atoms with Gasteiger partial charge < -0.3 is 19.3 Å². The number of hydrogen-bond acceptors (Lipinski definition) is 4. The molecule has 1 aliphatic rings. The topological polar surface area (TPSA) is 24.9 Å². The summed E-state index contributed by atoms with van der Waals surface area (Å²) >= 11 is 0. The molecule has 0 N–H and O–H groups in total. The van der Waals surface area contributed by atoms with Gasteiger partial charge in [-0.2, -0.15) is 0 Å². The third-order valence-corrected chi connectivity index (χ3v) is 4.80. The number of fused-ring (bicyclic) bond motifs is 1. The van der Waals surface area contributed by atoms with Crippen molar-refractivity contribution in [3.8, 4) is 11.5 Å². The lowest BCUT2D eigenvalue weighted by molar-refractivity contribution is 0.259. The summed E-state index contributed by atoms with van der Waals surface area (Å²) in [6.45, 7) is 6.91. The quantitative estimate of drug-likeness (QED) is 0.469. The van der Waals surface area contributed by atoms with Crippen LogP contribution in [0.2, 0.25) is 0 Å². The Hall–Kier alpha value is -1.58. The molecule has 25 heavy (non-hydrogen) atoms. The molecular formula is C21H36N2O2. The van der Waals surface area contributed by atoms with Crippen molar-refractivity contribution in [1.82, 2.24) is 0 Å². The van der Waals surface area contributed by atoms with Gasteiger partial charge in [0.15, 0.2) is 11.5 Å². The standard InChI is InChI=1S/C21H36N2O2/c1-5-7-9-11-13-24-20-15-18-19(23(4)17-22(18)3)16-21(20)25-14-12-10-8-6-2/h15-16H,5-14,17H2,1-4H3. The summed E-state index contributed by atoms with van der Waals surface area (Å²) in [6.07, 6.45) is 9.75. The number of unbranched alkanes of at least 4 members (excludes halogenated alkanes) is 6. The van der Waals surface area contributed by atoms with Gasteiger partial charge in [-0.3, -0.25) is 0 Å². The van der Waals surface area contributed by atoms with E-state index in [9.17, 15) is 0 Å². The lowest BCUT2D eigenvalue weighted by Crippen LogP contribution is -2.23. The Balaban J connectivity index is 2.01. The highest BCUT2D eigenvalue weighted by Gasteiger charge is 2.23. The minimum Gasteiger partial charge on any atom is -0.490 e. The molecule has 4 heteroatoms. The van der Waals surface area contributed by atoms with E-state index >= 15 is 0 Å². The molecule has 0 bridgehead atoms. The number of nitrogens with zero attached hydrogens (tertiary/aromatic N) is 2. The molecule has 0 saturated heterocycles. The van der Waals surface area contributed by atoms with Crippen LogP contribution in [0.4, 0.5) is 11.4 Å². The van der Waals surface area contributed by atoms with E-state index in [1.54, 1.807) is 0 Å². The average Bonchev–Trinajstić information content (AvgIpc) is 2.88. The molecule has 0 spiro atoms. The average molecular weight is 349 g/mol. The Kier molecular flexibility index (Phi) is 8.23. The molecule has 1 aromatic rings. The Bertz CT molecular complexity index is 474. The summed E-state index contributed by atoms with van der Waals surface area (Å²) in [5, 5.41) is 0. The number of hydrogen-bond donors (Lipinski definition) is 0. The van der Waals surface area contributed by atoms with Crippen molar-refractivity contribution in [1.29, 1.82) is 0 Å². The van der Waals surface area contributed by atoms with Gasteiger partial charge in [0.1, 0.15) is 0 Å². The highest BCUT2D eigenvalue weighted by molar-refractivity contribution is 5.79. The maximum Gasteiger partial charge on any atom is 0.163 e. The van der Waals surface area contributed by atoms with Gasteiger partial charge in [-0.1, -0.05) is 52.4 Å². The second-order valence-electron chi connectivity index (χ2n) is 7.14. The Morgan fingerprint density at radius 1 is 0.720 bits per heavy atom. The summed E-state index contributed by atoms with van der Waals surface area (Å²) in [5.41, 5.74) is 2.45. The van der Waals surface area contributed by atoms with Crippen LogP contribution < -0.4 is 19.3 Å². The third kappa shape index (κ3) is 5.72. The summed E-state index contributed by atoms with van der Waals surface area (Å²) < 4.78 is 12.2. The van der Waals surface area contributed by atoms with Crippen molar-refractivity contribution in [3.63, 3.8) is 0 Å². The first-order valence-electron chi connectivity index (χ1n) is 10.0. The molecular weight excluding hydrogens is 312 g/mol. The SMILES string of the molecule is CCCCCCOc1cc2c(cc1OCCCCCC)N(C)CN2C. The molecule has 0 fully saturated rings. The van der Waals surface area contributed by atoms with Gasteiger partial charge in [0.2, 0.25) is 0 Å². The zero-order chi connectivity index (χ0) is 18.1. The predicted molar refractivity (Wildman–Crippen MR) is 107 cm³/mol. The first-order valence-corrected chi connectivity index (χ1v) is 10.0. The van der Waals surface area contributed by atoms with Crippen LogP contribution in [-0.2, 0) is 0 Å². The van der Waals surface area contributed by atoms with Crippen LogP contribution >= 0.6 is 0 Å². The number of rotatable bonds is 12. The van der Waals surface area contributed by atoms with E-state index in [0.717, 1.165) is 44.2 Å². The molecule has 142 valence electrons. The van der Waals surface area contributed by atoms with Gasteiger partial charge in [0.05, 0.1) is 31.3 Å². The first-order chi connectivity index (χ1) is 12.2. The molecule has 0 unspecified atom stereocenters. The van der Waals surface area contributed by atoms with Gasteiger partial charge in [0, 0.05) is 26.2 Å². The van der Waals surface area contributed by atoms with Crippen molar-refractivity contribution in [2.45, 2.75) is 65.2 Å². The fraction of sp³-hybridized carbons (Fsp3) is 0.714. The third-order valence-electron chi connectivity index (χ3n) is 4.80. The van der Waals surface area contributed by atoms with E-state index in [-0.39, 0.29) is 0 Å². The number of anilines is 2. The molecule has 1 heterocycles. The van der Waals surface area contributed by atoms with Crippen LogP contribution in [0.15, 0.2) is 12.1 Å². The lowest BCUT2D eigenvalue weighted by Gasteiger charge is -2.17. The van der Waals surface area contributed by atoms with Crippen LogP contribution in [0, 0.1) is 0 Å². The number of benzene rings is 1. The van der Waals surface area contributed by atoms with Crippen molar-refractivity contribution < 1.29 is 9.47 Å². The zero-order valence-corrected chi connectivity index (χ0v) is 16.6. The lowest BCUT2D eigenvalue weighted by atomic mass is 10.2. The summed E-state index contributed by atoms with van der Waals surface area (Å²) in [7, 11) is 4.25. The Morgan fingerprint density at radius 3 is 1.56 bits per heavy atom. The van der Waals surface area contributed by atoms with E-state index in [4.69, 9.17) is 9.47 Å². The highest BCUT2D eigenvalue weighted by atomic mass is 16.5. The van der Waals surface area contributed by atoms with E-state index in [1.807, 2.05) is 0 Å². The summed E-state index contributed by atoms with van der Waals surface area (Å²) in [4.78, 5) is 4.51. The fourth-order valence-corrected chi connectivity index (χ4v) is 3.27. The van der Waals surface area contributed by atoms with E-state index < -0.39 is 0 Å². The second-order valence-corrected chi connectivity index (χ2v) is 7.14. The molecule has 2 rings (SSSR count). The van der Waals surface area contributed by atoms with Crippen molar-refractivity contribution in [3.05, 3.63) is 12.1 Å². The monoisotopic (exact) mass is 348 g/mol. The minimum absolute atomic E-state index is 0.768. The van der Waals surface area contributed by atoms with Gasteiger partial charge in [-0.15, -0.1) is 0 Å². The van der Waals surface area contributed by atoms with Crippen molar-refractivity contribution >= 4 is 11.4 Å².